The third kappa shape index (κ3) is 7.16. The molecule has 10 nitrogen and oxygen atoms in total. The first kappa shape index (κ1) is 21.5. The molecule has 0 aromatic heterocycles. The van der Waals surface area contributed by atoms with Gasteiger partial charge in [-0.15, -0.1) is 0 Å². The van der Waals surface area contributed by atoms with E-state index in [1.54, 1.807) is 20.8 Å². The number of carboxylic acid groups (broad SMARTS) is 1. The van der Waals surface area contributed by atoms with Gasteiger partial charge in [-0.2, -0.15) is 0 Å². The number of nitrogens with zero attached hydrogens (tertiary/aromatic N) is 2. The fourth-order valence-electron chi connectivity index (χ4n) is 2.70. The number of rotatable bonds is 7. The largest absolute Gasteiger partial charge is 0.480 e. The maximum absolute atomic E-state index is 12.8. The number of hydrogen-bond donors (Lipinski definition) is 4. The van der Waals surface area contributed by atoms with Gasteiger partial charge < -0.3 is 31.5 Å². The van der Waals surface area contributed by atoms with E-state index in [-0.39, 0.29) is 12.4 Å². The first-order valence-corrected chi connectivity index (χ1v) is 8.59. The monoisotopic (exact) mass is 371 g/mol. The summed E-state index contributed by atoms with van der Waals surface area (Å²) in [5.41, 5.74) is 9.82. The number of nitrogens with two attached hydrogens (primary N) is 2. The van der Waals surface area contributed by atoms with Gasteiger partial charge in [-0.1, -0.05) is 0 Å². The second-order valence-corrected chi connectivity index (χ2v) is 7.18. The zero-order valence-corrected chi connectivity index (χ0v) is 15.5. The van der Waals surface area contributed by atoms with E-state index in [9.17, 15) is 19.5 Å². The number of alkyl carbamates (subject to hydrolysis) is 1. The van der Waals surface area contributed by atoms with Gasteiger partial charge in [0.25, 0.3) is 0 Å². The maximum Gasteiger partial charge on any atom is 0.408 e. The van der Waals surface area contributed by atoms with Gasteiger partial charge in [0, 0.05) is 13.1 Å². The molecule has 148 valence electrons. The predicted molar refractivity (Wildman–Crippen MR) is 95.4 cm³/mol. The number of nitrogens with one attached hydrogen (secondary N) is 1. The molecule has 0 aromatic carbocycles. The second kappa shape index (κ2) is 9.25. The number of carboxylic acids is 1. The van der Waals surface area contributed by atoms with Gasteiger partial charge in [0.2, 0.25) is 5.91 Å². The molecule has 10 heteroatoms. The highest BCUT2D eigenvalue weighted by atomic mass is 16.6. The van der Waals surface area contributed by atoms with E-state index in [1.165, 1.54) is 4.90 Å². The Morgan fingerprint density at radius 1 is 1.35 bits per heavy atom. The summed E-state index contributed by atoms with van der Waals surface area (Å²) in [6.45, 7) is 5.77. The number of likely N-dealkylation sites (tertiary alicyclic amines) is 1. The Bertz CT molecular complexity index is 554. The third-order valence-corrected chi connectivity index (χ3v) is 3.76. The van der Waals surface area contributed by atoms with Gasteiger partial charge in [0.1, 0.15) is 17.7 Å². The van der Waals surface area contributed by atoms with Crippen molar-refractivity contribution in [2.45, 2.75) is 64.1 Å². The average molecular weight is 371 g/mol. The maximum atomic E-state index is 12.8. The van der Waals surface area contributed by atoms with Crippen LogP contribution in [0.3, 0.4) is 0 Å². The number of guanidine groups is 1. The first-order chi connectivity index (χ1) is 12.0. The van der Waals surface area contributed by atoms with Gasteiger partial charge in [-0.05, 0) is 46.5 Å². The van der Waals surface area contributed by atoms with E-state index < -0.39 is 35.7 Å². The van der Waals surface area contributed by atoms with Crippen LogP contribution in [0.5, 0.6) is 0 Å². The third-order valence-electron chi connectivity index (χ3n) is 3.76. The Morgan fingerprint density at radius 3 is 2.54 bits per heavy atom. The Kier molecular flexibility index (Phi) is 7.66. The van der Waals surface area contributed by atoms with Gasteiger partial charge in [0.15, 0.2) is 5.96 Å². The van der Waals surface area contributed by atoms with Crippen LogP contribution in [0, 0.1) is 0 Å². The van der Waals surface area contributed by atoms with Crippen molar-refractivity contribution >= 4 is 23.9 Å². The molecule has 2 amide bonds. The standard InChI is InChI=1S/C16H29N5O5/c1-16(2,3)26-15(25)20-10(6-4-8-19-14(17)18)12(22)21-9-5-7-11(21)13(23)24/h10-11H,4-9H2,1-3H3,(H,20,25)(H,23,24)(H4,17,18,19)/t10-,11-/m0/s1. The van der Waals surface area contributed by atoms with Crippen LogP contribution in [0.15, 0.2) is 4.99 Å². The normalized spacial score (nSPS) is 18.1. The lowest BCUT2D eigenvalue weighted by Crippen LogP contribution is -2.52. The lowest BCUT2D eigenvalue weighted by atomic mass is 10.1. The highest BCUT2D eigenvalue weighted by molar-refractivity contribution is 5.89. The summed E-state index contributed by atoms with van der Waals surface area (Å²) >= 11 is 0. The van der Waals surface area contributed by atoms with E-state index in [1.807, 2.05) is 0 Å². The minimum absolute atomic E-state index is 0.0570. The highest BCUT2D eigenvalue weighted by Gasteiger charge is 2.37. The molecular weight excluding hydrogens is 342 g/mol. The molecule has 0 spiro atoms. The molecule has 0 bridgehead atoms. The van der Waals surface area contributed by atoms with Crippen LogP contribution >= 0.6 is 0 Å². The fraction of sp³-hybridized carbons (Fsp3) is 0.750. The molecule has 1 fully saturated rings. The summed E-state index contributed by atoms with van der Waals surface area (Å²) in [4.78, 5) is 41.3. The minimum Gasteiger partial charge on any atom is -0.480 e. The average Bonchev–Trinajstić information content (AvgIpc) is 2.97. The molecule has 0 aliphatic carbocycles. The second-order valence-electron chi connectivity index (χ2n) is 7.18. The summed E-state index contributed by atoms with van der Waals surface area (Å²) in [5.74, 6) is -1.55. The number of ether oxygens (including phenoxy) is 1. The summed E-state index contributed by atoms with van der Waals surface area (Å²) in [6.07, 6.45) is 0.973. The van der Waals surface area contributed by atoms with Crippen molar-refractivity contribution in [3.05, 3.63) is 0 Å². The fourth-order valence-corrected chi connectivity index (χ4v) is 2.70. The highest BCUT2D eigenvalue weighted by Crippen LogP contribution is 2.20. The van der Waals surface area contributed by atoms with Crippen molar-refractivity contribution in [2.24, 2.45) is 16.5 Å². The van der Waals surface area contributed by atoms with Crippen molar-refractivity contribution in [2.75, 3.05) is 13.1 Å². The quantitative estimate of drug-likeness (QED) is 0.278. The molecule has 0 saturated carbocycles. The number of amides is 2. The van der Waals surface area contributed by atoms with Crippen molar-refractivity contribution < 1.29 is 24.2 Å². The van der Waals surface area contributed by atoms with Gasteiger partial charge in [0.05, 0.1) is 0 Å². The molecule has 26 heavy (non-hydrogen) atoms. The first-order valence-electron chi connectivity index (χ1n) is 8.59. The van der Waals surface area contributed by atoms with E-state index in [2.05, 4.69) is 10.3 Å². The number of carbonyl (C=O) groups is 3. The Labute approximate surface area is 152 Å². The molecule has 0 aromatic rings. The molecule has 1 saturated heterocycles. The smallest absolute Gasteiger partial charge is 0.408 e. The summed E-state index contributed by atoms with van der Waals surface area (Å²) < 4.78 is 5.20. The minimum atomic E-state index is -1.05. The molecule has 1 aliphatic heterocycles. The Balaban J connectivity index is 2.81. The van der Waals surface area contributed by atoms with Crippen molar-refractivity contribution in [1.29, 1.82) is 0 Å². The molecule has 1 heterocycles. The predicted octanol–water partition coefficient (Wildman–Crippen LogP) is 0.00890. The van der Waals surface area contributed by atoms with E-state index in [0.717, 1.165) is 0 Å². The zero-order valence-electron chi connectivity index (χ0n) is 15.5. The van der Waals surface area contributed by atoms with Gasteiger partial charge in [-0.25, -0.2) is 9.59 Å². The SMILES string of the molecule is CC(C)(C)OC(=O)N[C@@H](CCCN=C(N)N)C(=O)N1CCC[C@H]1C(=O)O. The van der Waals surface area contributed by atoms with Crippen LogP contribution in [-0.4, -0.2) is 64.7 Å². The number of carbonyl (C=O) groups excluding carboxylic acids is 2. The molecule has 1 rings (SSSR count). The van der Waals surface area contributed by atoms with Crippen LogP contribution in [0.1, 0.15) is 46.5 Å². The lowest BCUT2D eigenvalue weighted by Gasteiger charge is -2.28. The van der Waals surface area contributed by atoms with Crippen molar-refractivity contribution in [1.82, 2.24) is 10.2 Å². The summed E-state index contributed by atoms with van der Waals surface area (Å²) in [6, 6.07) is -1.78. The van der Waals surface area contributed by atoms with Crippen molar-refractivity contribution in [3.63, 3.8) is 0 Å². The molecular formula is C16H29N5O5. The van der Waals surface area contributed by atoms with Crippen LogP contribution < -0.4 is 16.8 Å². The lowest BCUT2D eigenvalue weighted by molar-refractivity contribution is -0.149. The number of aliphatic carboxylic acids is 1. The molecule has 6 N–H and O–H groups in total. The number of hydrogen-bond acceptors (Lipinski definition) is 5. The summed E-state index contributed by atoms with van der Waals surface area (Å²) in [7, 11) is 0. The zero-order chi connectivity index (χ0) is 19.9. The van der Waals surface area contributed by atoms with Gasteiger partial charge >= 0.3 is 12.1 Å². The topological polar surface area (TPSA) is 160 Å². The van der Waals surface area contributed by atoms with E-state index >= 15 is 0 Å². The van der Waals surface area contributed by atoms with E-state index in [0.29, 0.717) is 32.4 Å². The summed E-state index contributed by atoms with van der Waals surface area (Å²) in [5, 5.41) is 11.8. The van der Waals surface area contributed by atoms with Crippen LogP contribution in [-0.2, 0) is 14.3 Å². The molecule has 2 atom stereocenters. The van der Waals surface area contributed by atoms with Gasteiger partial charge in [-0.3, -0.25) is 9.79 Å². The molecule has 1 aliphatic rings. The number of aliphatic imine (C=N–C) groups is 1. The molecule has 0 radical (unpaired) electrons. The Morgan fingerprint density at radius 2 is 2.00 bits per heavy atom. The van der Waals surface area contributed by atoms with E-state index in [4.69, 9.17) is 16.2 Å². The van der Waals surface area contributed by atoms with Crippen LogP contribution in [0.25, 0.3) is 0 Å². The van der Waals surface area contributed by atoms with Crippen LogP contribution in [0.2, 0.25) is 0 Å². The Hall–Kier alpha value is -2.52. The molecule has 0 unspecified atom stereocenters. The van der Waals surface area contributed by atoms with Crippen molar-refractivity contribution in [3.8, 4) is 0 Å². The van der Waals surface area contributed by atoms with Crippen LogP contribution in [0.4, 0.5) is 4.79 Å².